The van der Waals surface area contributed by atoms with Crippen molar-refractivity contribution in [3.63, 3.8) is 0 Å². The topological polar surface area (TPSA) is 66.0 Å². The molecule has 6 nitrogen and oxygen atoms in total. The minimum absolute atomic E-state index is 0. The van der Waals surface area contributed by atoms with Crippen LogP contribution in [0, 0.1) is 0 Å². The highest BCUT2D eigenvalue weighted by Gasteiger charge is 2.33. The highest BCUT2D eigenvalue weighted by Crippen LogP contribution is 2.34. The molecule has 0 fully saturated rings. The zero-order valence-electron chi connectivity index (χ0n) is 15.1. The fourth-order valence-electron chi connectivity index (χ4n) is 1.91. The van der Waals surface area contributed by atoms with E-state index in [4.69, 9.17) is 4.74 Å². The predicted molar refractivity (Wildman–Crippen MR) is 105 cm³/mol. The van der Waals surface area contributed by atoms with Crippen molar-refractivity contribution in [2.24, 2.45) is 4.99 Å². The molecule has 0 aliphatic rings. The third-order valence-corrected chi connectivity index (χ3v) is 3.28. The second-order valence-corrected chi connectivity index (χ2v) is 5.36. The number of halogens is 4. The van der Waals surface area contributed by atoms with Crippen LogP contribution in [0.3, 0.4) is 0 Å². The summed E-state index contributed by atoms with van der Waals surface area (Å²) < 4.78 is 44.4. The summed E-state index contributed by atoms with van der Waals surface area (Å²) in [6.45, 7) is 2.13. The SMILES string of the molecule is CCNC(=NCc1ccc(OC)cc1C(F)(F)F)NCC(=O)N(C)C.I. The number of hydrogen-bond acceptors (Lipinski definition) is 3. The first kappa shape index (κ1) is 24.3. The number of alkyl halides is 3. The Morgan fingerprint density at radius 1 is 1.27 bits per heavy atom. The molecule has 0 aliphatic carbocycles. The van der Waals surface area contributed by atoms with E-state index in [0.29, 0.717) is 6.54 Å². The fraction of sp³-hybridized carbons (Fsp3) is 0.500. The third-order valence-electron chi connectivity index (χ3n) is 3.28. The third kappa shape index (κ3) is 7.67. The van der Waals surface area contributed by atoms with E-state index in [1.807, 2.05) is 6.92 Å². The molecule has 26 heavy (non-hydrogen) atoms. The fourth-order valence-corrected chi connectivity index (χ4v) is 1.91. The van der Waals surface area contributed by atoms with Crippen LogP contribution in [-0.4, -0.2) is 51.1 Å². The van der Waals surface area contributed by atoms with Gasteiger partial charge in [0.2, 0.25) is 5.91 Å². The van der Waals surface area contributed by atoms with Crippen LogP contribution >= 0.6 is 24.0 Å². The number of carbonyl (C=O) groups is 1. The maximum atomic E-state index is 13.2. The van der Waals surface area contributed by atoms with Crippen molar-refractivity contribution in [2.75, 3.05) is 34.3 Å². The largest absolute Gasteiger partial charge is 0.497 e. The Bertz CT molecular complexity index is 622. The van der Waals surface area contributed by atoms with E-state index in [9.17, 15) is 18.0 Å². The first-order valence-corrected chi connectivity index (χ1v) is 7.65. The van der Waals surface area contributed by atoms with Gasteiger partial charge in [-0.1, -0.05) is 6.07 Å². The summed E-state index contributed by atoms with van der Waals surface area (Å²) in [5, 5.41) is 5.68. The molecule has 2 N–H and O–H groups in total. The number of methoxy groups -OCH3 is 1. The molecule has 0 radical (unpaired) electrons. The molecule has 0 unspecified atom stereocenters. The quantitative estimate of drug-likeness (QED) is 0.367. The summed E-state index contributed by atoms with van der Waals surface area (Å²) in [5.41, 5.74) is -0.778. The zero-order valence-corrected chi connectivity index (χ0v) is 17.4. The first-order valence-electron chi connectivity index (χ1n) is 7.65. The van der Waals surface area contributed by atoms with Crippen LogP contribution < -0.4 is 15.4 Å². The number of aliphatic imine (C=N–C) groups is 1. The molecular formula is C16H24F3IN4O2. The summed E-state index contributed by atoms with van der Waals surface area (Å²) >= 11 is 0. The lowest BCUT2D eigenvalue weighted by atomic mass is 10.1. The second-order valence-electron chi connectivity index (χ2n) is 5.36. The van der Waals surface area contributed by atoms with Gasteiger partial charge in [0.15, 0.2) is 5.96 Å². The van der Waals surface area contributed by atoms with Gasteiger partial charge >= 0.3 is 6.18 Å². The van der Waals surface area contributed by atoms with Crippen LogP contribution in [0.5, 0.6) is 5.75 Å². The minimum Gasteiger partial charge on any atom is -0.497 e. The number of benzene rings is 1. The number of ether oxygens (including phenoxy) is 1. The first-order chi connectivity index (χ1) is 11.7. The molecule has 1 amide bonds. The zero-order chi connectivity index (χ0) is 19.0. The summed E-state index contributed by atoms with van der Waals surface area (Å²) in [7, 11) is 4.53. The van der Waals surface area contributed by atoms with E-state index < -0.39 is 11.7 Å². The molecule has 0 saturated carbocycles. The molecule has 10 heteroatoms. The van der Waals surface area contributed by atoms with E-state index >= 15 is 0 Å². The highest BCUT2D eigenvalue weighted by molar-refractivity contribution is 14.0. The maximum Gasteiger partial charge on any atom is 0.416 e. The van der Waals surface area contributed by atoms with E-state index in [1.54, 1.807) is 14.1 Å². The number of guanidine groups is 1. The minimum atomic E-state index is -4.51. The number of nitrogens with zero attached hydrogens (tertiary/aromatic N) is 2. The van der Waals surface area contributed by atoms with Crippen LogP contribution in [-0.2, 0) is 17.5 Å². The van der Waals surface area contributed by atoms with E-state index in [-0.39, 0.29) is 60.2 Å². The normalized spacial score (nSPS) is 11.4. The van der Waals surface area contributed by atoms with Gasteiger partial charge in [-0.3, -0.25) is 4.79 Å². The van der Waals surface area contributed by atoms with Crippen LogP contribution in [0.4, 0.5) is 13.2 Å². The van der Waals surface area contributed by atoms with Crippen molar-refractivity contribution < 1.29 is 22.7 Å². The van der Waals surface area contributed by atoms with Crippen molar-refractivity contribution in [1.82, 2.24) is 15.5 Å². The van der Waals surface area contributed by atoms with E-state index in [2.05, 4.69) is 15.6 Å². The Morgan fingerprint density at radius 2 is 1.92 bits per heavy atom. The number of hydrogen-bond donors (Lipinski definition) is 2. The maximum absolute atomic E-state index is 13.2. The lowest BCUT2D eigenvalue weighted by Crippen LogP contribution is -2.42. The van der Waals surface area contributed by atoms with Gasteiger partial charge in [0.05, 0.1) is 25.8 Å². The Balaban J connectivity index is 0.00000625. The molecule has 1 rings (SSSR count). The van der Waals surface area contributed by atoms with Crippen molar-refractivity contribution in [2.45, 2.75) is 19.6 Å². The molecule has 0 spiro atoms. The summed E-state index contributed by atoms with van der Waals surface area (Å²) in [6, 6.07) is 3.73. The smallest absolute Gasteiger partial charge is 0.416 e. The Hall–Kier alpha value is -1.72. The lowest BCUT2D eigenvalue weighted by molar-refractivity contribution is -0.138. The van der Waals surface area contributed by atoms with Gasteiger partial charge in [0, 0.05) is 20.6 Å². The van der Waals surface area contributed by atoms with Gasteiger partial charge in [0.25, 0.3) is 0 Å². The van der Waals surface area contributed by atoms with E-state index in [0.717, 1.165) is 6.07 Å². The van der Waals surface area contributed by atoms with Gasteiger partial charge in [0.1, 0.15) is 5.75 Å². The molecule has 1 aromatic carbocycles. The molecular weight excluding hydrogens is 464 g/mol. The van der Waals surface area contributed by atoms with Gasteiger partial charge in [-0.2, -0.15) is 13.2 Å². The number of likely N-dealkylation sites (N-methyl/N-ethyl adjacent to an activating group) is 1. The van der Waals surface area contributed by atoms with Crippen molar-refractivity contribution in [1.29, 1.82) is 0 Å². The predicted octanol–water partition coefficient (Wildman–Crippen LogP) is 2.48. The van der Waals surface area contributed by atoms with Crippen LogP contribution in [0.2, 0.25) is 0 Å². The summed E-state index contributed by atoms with van der Waals surface area (Å²) in [6.07, 6.45) is -4.51. The Labute approximate surface area is 168 Å². The average molecular weight is 488 g/mol. The number of amides is 1. The van der Waals surface area contributed by atoms with Gasteiger partial charge in [-0.15, -0.1) is 24.0 Å². The van der Waals surface area contributed by atoms with Gasteiger partial charge in [-0.05, 0) is 24.6 Å². The number of nitrogens with one attached hydrogen (secondary N) is 2. The molecule has 0 aromatic heterocycles. The Kier molecular flexibility index (Phi) is 10.4. The van der Waals surface area contributed by atoms with Crippen molar-refractivity contribution >= 4 is 35.8 Å². The molecule has 0 aliphatic heterocycles. The van der Waals surface area contributed by atoms with Gasteiger partial charge < -0.3 is 20.3 Å². The highest BCUT2D eigenvalue weighted by atomic mass is 127. The van der Waals surface area contributed by atoms with Crippen LogP contribution in [0.1, 0.15) is 18.1 Å². The van der Waals surface area contributed by atoms with E-state index in [1.165, 1.54) is 24.1 Å². The van der Waals surface area contributed by atoms with Crippen LogP contribution in [0.15, 0.2) is 23.2 Å². The number of carbonyl (C=O) groups excluding carboxylic acids is 1. The van der Waals surface area contributed by atoms with Crippen molar-refractivity contribution in [3.05, 3.63) is 29.3 Å². The Morgan fingerprint density at radius 3 is 2.42 bits per heavy atom. The lowest BCUT2D eigenvalue weighted by Gasteiger charge is -2.15. The standard InChI is InChI=1S/C16H23F3N4O2.HI/c1-5-20-15(22-10-14(24)23(2)3)21-9-11-6-7-12(25-4)8-13(11)16(17,18)19;/h6-8H,5,9-10H2,1-4H3,(H2,20,21,22);1H. The second kappa shape index (κ2) is 11.1. The molecule has 0 atom stereocenters. The summed E-state index contributed by atoms with van der Waals surface area (Å²) in [5.74, 6) is 0.217. The van der Waals surface area contributed by atoms with Crippen LogP contribution in [0.25, 0.3) is 0 Å². The summed E-state index contributed by atoms with van der Waals surface area (Å²) in [4.78, 5) is 17.1. The van der Waals surface area contributed by atoms with Crippen molar-refractivity contribution in [3.8, 4) is 5.75 Å². The average Bonchev–Trinajstić information content (AvgIpc) is 2.55. The molecule has 0 saturated heterocycles. The molecule has 0 bridgehead atoms. The number of rotatable bonds is 6. The van der Waals surface area contributed by atoms with Gasteiger partial charge in [-0.25, -0.2) is 4.99 Å². The molecule has 1 aromatic rings. The monoisotopic (exact) mass is 488 g/mol. The molecule has 148 valence electrons. The molecule has 0 heterocycles.